The smallest absolute Gasteiger partial charge is 0.352 e. The fourth-order valence-corrected chi connectivity index (χ4v) is 20.8. The lowest BCUT2D eigenvalue weighted by atomic mass is 10.2. The summed E-state index contributed by atoms with van der Waals surface area (Å²) in [5.41, 5.74) is 0.796. The predicted octanol–water partition coefficient (Wildman–Crippen LogP) is 2.59. The Morgan fingerprint density at radius 2 is 1.09 bits per heavy atom. The molecule has 0 atom stereocenters. The Balaban J connectivity index is 4.00. The lowest BCUT2D eigenvalue weighted by molar-refractivity contribution is -0.143. The van der Waals surface area contributed by atoms with Crippen molar-refractivity contribution in [1.82, 2.24) is 0 Å². The molecule has 0 saturated heterocycles. The number of carbonyl (C=O) groups excluding carboxylic acids is 1. The van der Waals surface area contributed by atoms with Crippen LogP contribution < -0.4 is 20.7 Å². The van der Waals surface area contributed by atoms with Crippen LogP contribution in [0.1, 0.15) is 5.56 Å². The molecule has 0 heterocycles. The molecule has 0 aromatic heterocycles. The minimum Gasteiger partial charge on any atom is -0.460 e. The standard InChI is InChI=1S/C21H44O8P2Si4/c1-32(2,3)16-13-15(14-29-20(22)21(30(23,24)25)31(26,27)28)17(33(4,5)6)19(35(10,11)12)18(16)34(7,8)9/h13,21H,14H2,1-12H3,(H2,23,24,25)(H2,26,27,28). The van der Waals surface area contributed by atoms with Crippen molar-refractivity contribution in [3.05, 3.63) is 11.6 Å². The predicted molar refractivity (Wildman–Crippen MR) is 156 cm³/mol. The molecule has 8 nitrogen and oxygen atoms in total. The molecule has 1 aromatic carbocycles. The first-order valence-corrected chi connectivity index (χ1v) is 29.0. The molecule has 1 rings (SSSR count). The van der Waals surface area contributed by atoms with E-state index in [0.29, 0.717) is 0 Å². The molecule has 202 valence electrons. The van der Waals surface area contributed by atoms with Crippen LogP contribution in [0.5, 0.6) is 0 Å². The van der Waals surface area contributed by atoms with Gasteiger partial charge in [-0.3, -0.25) is 13.9 Å². The maximum absolute atomic E-state index is 12.6. The van der Waals surface area contributed by atoms with Crippen molar-refractivity contribution >= 4 is 74.2 Å². The minimum atomic E-state index is -5.43. The van der Waals surface area contributed by atoms with E-state index in [1.54, 1.807) is 0 Å². The van der Waals surface area contributed by atoms with Crippen molar-refractivity contribution in [1.29, 1.82) is 0 Å². The van der Waals surface area contributed by atoms with E-state index in [9.17, 15) is 33.5 Å². The van der Waals surface area contributed by atoms with Crippen molar-refractivity contribution in [3.63, 3.8) is 0 Å². The highest BCUT2D eigenvalue weighted by Crippen LogP contribution is 2.60. The Labute approximate surface area is 214 Å². The third-order valence-corrected chi connectivity index (χ3v) is 18.0. The number of hydrogen-bond acceptors (Lipinski definition) is 4. The van der Waals surface area contributed by atoms with Crippen molar-refractivity contribution in [2.24, 2.45) is 0 Å². The van der Waals surface area contributed by atoms with Gasteiger partial charge in [0.1, 0.15) is 6.61 Å². The number of hydrogen-bond donors (Lipinski definition) is 4. The highest BCUT2D eigenvalue weighted by atomic mass is 31.2. The summed E-state index contributed by atoms with van der Waals surface area (Å²) in [6.07, 6.45) is 0. The number of rotatable bonds is 9. The largest absolute Gasteiger partial charge is 0.460 e. The first kappa shape index (κ1) is 32.9. The Hall–Kier alpha value is -0.142. The molecule has 0 amide bonds. The summed E-state index contributed by atoms with van der Waals surface area (Å²) in [5, 5.41) is 2.59. The van der Waals surface area contributed by atoms with Crippen LogP contribution >= 0.6 is 15.2 Å². The van der Waals surface area contributed by atoms with Gasteiger partial charge in [-0.05, 0) is 5.56 Å². The zero-order chi connectivity index (χ0) is 28.2. The molecule has 0 saturated carbocycles. The second-order valence-corrected chi connectivity index (χ2v) is 37.2. The highest BCUT2D eigenvalue weighted by Gasteiger charge is 2.51. The van der Waals surface area contributed by atoms with Gasteiger partial charge >= 0.3 is 21.2 Å². The summed E-state index contributed by atoms with van der Waals surface area (Å²) in [6.45, 7) is 27.3. The molecular weight excluding hydrogens is 555 g/mol. The molecule has 0 spiro atoms. The molecule has 14 heteroatoms. The topological polar surface area (TPSA) is 141 Å². The molecule has 0 bridgehead atoms. The van der Waals surface area contributed by atoms with Crippen LogP contribution in [0.2, 0.25) is 78.6 Å². The van der Waals surface area contributed by atoms with Gasteiger partial charge in [-0.2, -0.15) is 0 Å². The van der Waals surface area contributed by atoms with Crippen LogP contribution in [0.15, 0.2) is 6.07 Å². The monoisotopic (exact) mass is 598 g/mol. The Kier molecular flexibility index (Phi) is 9.59. The molecule has 4 N–H and O–H groups in total. The fraction of sp³-hybridized carbons (Fsp3) is 0.667. The Bertz CT molecular complexity index is 1050. The van der Waals surface area contributed by atoms with Crippen LogP contribution in [0.3, 0.4) is 0 Å². The number of benzene rings is 1. The van der Waals surface area contributed by atoms with Gasteiger partial charge < -0.3 is 24.3 Å². The molecule has 35 heavy (non-hydrogen) atoms. The van der Waals surface area contributed by atoms with Gasteiger partial charge in [0.15, 0.2) is 0 Å². The highest BCUT2D eigenvalue weighted by molar-refractivity contribution is 7.72. The first-order valence-electron chi connectivity index (χ1n) is 11.6. The molecule has 0 aliphatic heterocycles. The zero-order valence-electron chi connectivity index (χ0n) is 23.2. The summed E-state index contributed by atoms with van der Waals surface area (Å²) in [6, 6.07) is 2.12. The Morgan fingerprint density at radius 1 is 0.714 bits per heavy atom. The average Bonchev–Trinajstić information content (AvgIpc) is 2.52. The average molecular weight is 599 g/mol. The van der Waals surface area contributed by atoms with Crippen molar-refractivity contribution in [3.8, 4) is 0 Å². The maximum atomic E-state index is 12.6. The van der Waals surface area contributed by atoms with Gasteiger partial charge in [-0.15, -0.1) is 0 Å². The normalized spacial score (nSPS) is 14.4. The molecule has 0 aliphatic rings. The van der Waals surface area contributed by atoms with E-state index < -0.39 is 58.9 Å². The molecule has 0 aliphatic carbocycles. The minimum absolute atomic E-state index is 0.282. The van der Waals surface area contributed by atoms with Gasteiger partial charge in [-0.1, -0.05) is 105 Å². The van der Waals surface area contributed by atoms with E-state index in [4.69, 9.17) is 4.74 Å². The summed E-state index contributed by atoms with van der Waals surface area (Å²) >= 11 is 0. The lowest BCUT2D eigenvalue weighted by Crippen LogP contribution is -2.73. The van der Waals surface area contributed by atoms with E-state index in [1.807, 2.05) is 0 Å². The number of esters is 1. The lowest BCUT2D eigenvalue weighted by Gasteiger charge is -2.40. The Morgan fingerprint density at radius 3 is 1.37 bits per heavy atom. The van der Waals surface area contributed by atoms with Crippen LogP contribution in [0, 0.1) is 0 Å². The zero-order valence-corrected chi connectivity index (χ0v) is 29.0. The van der Waals surface area contributed by atoms with Crippen LogP contribution in [-0.2, 0) is 25.3 Å². The molecular formula is C21H44O8P2Si4. The van der Waals surface area contributed by atoms with E-state index in [0.717, 1.165) is 5.56 Å². The van der Waals surface area contributed by atoms with Gasteiger partial charge in [0.2, 0.25) is 0 Å². The third kappa shape index (κ3) is 8.17. The van der Waals surface area contributed by atoms with Gasteiger partial charge in [0.05, 0.1) is 32.3 Å². The van der Waals surface area contributed by atoms with Crippen molar-refractivity contribution < 1.29 is 38.2 Å². The van der Waals surface area contributed by atoms with Crippen LogP contribution in [0.25, 0.3) is 0 Å². The van der Waals surface area contributed by atoms with E-state index in [2.05, 4.69) is 84.6 Å². The fourth-order valence-electron chi connectivity index (χ4n) is 4.52. The first-order chi connectivity index (χ1) is 15.1. The number of carbonyl (C=O) groups is 1. The SMILES string of the molecule is C[Si](C)(C)c1cc(COC(=O)C(P(=O)(O)O)P(=O)(O)O)c([Si](C)(C)C)c([Si](C)(C)C)c1[Si](C)(C)C. The van der Waals surface area contributed by atoms with Gasteiger partial charge in [0.25, 0.3) is 5.40 Å². The van der Waals surface area contributed by atoms with Gasteiger partial charge in [-0.25, -0.2) is 0 Å². The summed E-state index contributed by atoms with van der Waals surface area (Å²) in [5.74, 6) is -1.58. The van der Waals surface area contributed by atoms with Crippen LogP contribution in [0.4, 0.5) is 0 Å². The summed E-state index contributed by atoms with van der Waals surface area (Å²) in [7, 11) is -18.5. The quantitative estimate of drug-likeness (QED) is 0.193. The molecule has 0 fully saturated rings. The second kappa shape index (κ2) is 10.2. The van der Waals surface area contributed by atoms with E-state index in [1.165, 1.54) is 20.7 Å². The molecule has 1 aromatic rings. The third-order valence-electron chi connectivity index (χ3n) is 5.68. The number of ether oxygens (including phenoxy) is 1. The van der Waals surface area contributed by atoms with Gasteiger partial charge in [0, 0.05) is 0 Å². The maximum Gasteiger partial charge on any atom is 0.352 e. The summed E-state index contributed by atoms with van der Waals surface area (Å²) < 4.78 is 28.7. The van der Waals surface area contributed by atoms with Crippen molar-refractivity contribution in [2.45, 2.75) is 90.6 Å². The van der Waals surface area contributed by atoms with Crippen molar-refractivity contribution in [2.75, 3.05) is 0 Å². The molecule has 0 radical (unpaired) electrons. The molecule has 0 unspecified atom stereocenters. The second-order valence-electron chi connectivity index (χ2n) is 13.4. The van der Waals surface area contributed by atoms with Crippen LogP contribution in [-0.4, -0.2) is 63.2 Å². The summed E-state index contributed by atoms with van der Waals surface area (Å²) in [4.78, 5) is 50.3. The van der Waals surface area contributed by atoms with E-state index >= 15 is 0 Å². The van der Waals surface area contributed by atoms with E-state index in [-0.39, 0.29) is 6.61 Å².